The van der Waals surface area contributed by atoms with Crippen LogP contribution in [0.25, 0.3) is 0 Å². The zero-order valence-corrected chi connectivity index (χ0v) is 13.7. The van der Waals surface area contributed by atoms with Gasteiger partial charge in [0, 0.05) is 12.1 Å². The van der Waals surface area contributed by atoms with E-state index in [-0.39, 0.29) is 11.9 Å². The van der Waals surface area contributed by atoms with Gasteiger partial charge in [0.05, 0.1) is 0 Å². The molecule has 3 nitrogen and oxygen atoms in total. The van der Waals surface area contributed by atoms with Gasteiger partial charge in [0.25, 0.3) is 0 Å². The molecule has 132 valence electrons. The van der Waals surface area contributed by atoms with Gasteiger partial charge in [-0.15, -0.1) is 0 Å². The van der Waals surface area contributed by atoms with E-state index < -0.39 is 29.5 Å². The Balaban J connectivity index is 1.81. The minimum Gasteiger partial charge on any atom is -0.352 e. The van der Waals surface area contributed by atoms with Crippen LogP contribution in [-0.4, -0.2) is 11.9 Å². The second-order valence-electron chi connectivity index (χ2n) is 6.33. The second kappa shape index (κ2) is 7.27. The smallest absolute Gasteiger partial charge is 0.241 e. The zero-order chi connectivity index (χ0) is 18.0. The molecular weight excluding hydrogens is 329 g/mol. The van der Waals surface area contributed by atoms with Crippen LogP contribution in [-0.2, 0) is 4.79 Å². The normalized spacial score (nSPS) is 16.3. The molecule has 0 aromatic heterocycles. The molecule has 0 spiro atoms. The predicted octanol–water partition coefficient (Wildman–Crippen LogP) is 3.77. The van der Waals surface area contributed by atoms with Crippen LogP contribution in [0.2, 0.25) is 0 Å². The molecule has 1 saturated carbocycles. The van der Waals surface area contributed by atoms with Gasteiger partial charge in [-0.2, -0.15) is 0 Å². The highest BCUT2D eigenvalue weighted by Gasteiger charge is 2.29. The average molecular weight is 348 g/mol. The molecule has 2 aromatic rings. The number of carbonyl (C=O) groups is 1. The Morgan fingerprint density at radius 2 is 1.64 bits per heavy atom. The van der Waals surface area contributed by atoms with E-state index >= 15 is 0 Å². The minimum absolute atomic E-state index is 0.177. The van der Waals surface area contributed by atoms with Crippen molar-refractivity contribution in [1.82, 2.24) is 10.6 Å². The Kier molecular flexibility index (Phi) is 5.08. The minimum atomic E-state index is -0.938. The van der Waals surface area contributed by atoms with Crippen LogP contribution in [0.15, 0.2) is 42.5 Å². The number of hydrogen-bond donors (Lipinski definition) is 2. The largest absolute Gasteiger partial charge is 0.352 e. The standard InChI is InChI=1S/C19H19F3N2O/c1-11(13-4-9-16(21)17(22)10-13)23-18(19(25)24-15-7-8-15)12-2-5-14(20)6-3-12/h2-6,9-11,15,18,23H,7-8H2,1H3,(H,24,25)/t11-,18+/m0/s1. The predicted molar refractivity (Wildman–Crippen MR) is 88.2 cm³/mol. The van der Waals surface area contributed by atoms with Crippen molar-refractivity contribution in [3.8, 4) is 0 Å². The SMILES string of the molecule is C[C@H](N[C@@H](C(=O)NC1CC1)c1ccc(F)cc1)c1ccc(F)c(F)c1. The van der Waals surface area contributed by atoms with E-state index in [0.29, 0.717) is 11.1 Å². The molecule has 2 aromatic carbocycles. The number of rotatable bonds is 6. The van der Waals surface area contributed by atoms with Crippen LogP contribution in [0.1, 0.15) is 43.0 Å². The monoisotopic (exact) mass is 348 g/mol. The molecule has 2 atom stereocenters. The molecule has 1 amide bonds. The van der Waals surface area contributed by atoms with Crippen molar-refractivity contribution in [2.45, 2.75) is 37.9 Å². The van der Waals surface area contributed by atoms with E-state index in [0.717, 1.165) is 25.0 Å². The van der Waals surface area contributed by atoms with Crippen LogP contribution < -0.4 is 10.6 Å². The molecule has 1 aliphatic rings. The van der Waals surface area contributed by atoms with Gasteiger partial charge >= 0.3 is 0 Å². The van der Waals surface area contributed by atoms with Gasteiger partial charge in [-0.3, -0.25) is 10.1 Å². The fraction of sp³-hybridized carbons (Fsp3) is 0.316. The first kappa shape index (κ1) is 17.5. The second-order valence-corrected chi connectivity index (χ2v) is 6.33. The molecule has 3 rings (SSSR count). The molecule has 2 N–H and O–H groups in total. The van der Waals surface area contributed by atoms with Crippen LogP contribution in [0.4, 0.5) is 13.2 Å². The molecule has 25 heavy (non-hydrogen) atoms. The fourth-order valence-corrected chi connectivity index (χ4v) is 2.62. The maximum atomic E-state index is 13.5. The average Bonchev–Trinajstić information content (AvgIpc) is 3.39. The summed E-state index contributed by atoms with van der Waals surface area (Å²) in [5, 5.41) is 6.04. The van der Waals surface area contributed by atoms with Gasteiger partial charge in [0.2, 0.25) is 5.91 Å². The summed E-state index contributed by atoms with van der Waals surface area (Å²) >= 11 is 0. The van der Waals surface area contributed by atoms with Crippen molar-refractivity contribution in [2.75, 3.05) is 0 Å². The summed E-state index contributed by atoms with van der Waals surface area (Å²) in [6.07, 6.45) is 1.89. The highest BCUT2D eigenvalue weighted by atomic mass is 19.2. The first-order valence-electron chi connectivity index (χ1n) is 8.21. The summed E-state index contributed by atoms with van der Waals surface area (Å²) in [5.41, 5.74) is 1.12. The zero-order valence-electron chi connectivity index (χ0n) is 13.7. The summed E-state index contributed by atoms with van der Waals surface area (Å²) in [7, 11) is 0. The van der Waals surface area contributed by atoms with Gasteiger partial charge in [0.15, 0.2) is 11.6 Å². The molecular formula is C19H19F3N2O. The van der Waals surface area contributed by atoms with E-state index in [4.69, 9.17) is 0 Å². The Morgan fingerprint density at radius 1 is 1.00 bits per heavy atom. The molecule has 0 bridgehead atoms. The number of benzene rings is 2. The first-order chi connectivity index (χ1) is 11.9. The van der Waals surface area contributed by atoms with E-state index in [9.17, 15) is 18.0 Å². The maximum absolute atomic E-state index is 13.5. The van der Waals surface area contributed by atoms with Gasteiger partial charge < -0.3 is 5.32 Å². The highest BCUT2D eigenvalue weighted by molar-refractivity contribution is 5.83. The molecule has 0 aliphatic heterocycles. The third-order valence-corrected chi connectivity index (χ3v) is 4.25. The fourth-order valence-electron chi connectivity index (χ4n) is 2.62. The highest BCUT2D eigenvalue weighted by Crippen LogP contribution is 2.24. The first-order valence-corrected chi connectivity index (χ1v) is 8.21. The summed E-state index contributed by atoms with van der Waals surface area (Å²) in [4.78, 5) is 12.6. The number of halogens is 3. The lowest BCUT2D eigenvalue weighted by Crippen LogP contribution is -2.39. The molecule has 0 saturated heterocycles. The topological polar surface area (TPSA) is 41.1 Å². The van der Waals surface area contributed by atoms with Crippen LogP contribution in [0, 0.1) is 17.5 Å². The molecule has 1 fully saturated rings. The van der Waals surface area contributed by atoms with Gasteiger partial charge in [-0.25, -0.2) is 13.2 Å². The van der Waals surface area contributed by atoms with Crippen molar-refractivity contribution in [1.29, 1.82) is 0 Å². The maximum Gasteiger partial charge on any atom is 0.241 e. The van der Waals surface area contributed by atoms with Crippen molar-refractivity contribution in [3.63, 3.8) is 0 Å². The molecule has 1 aliphatic carbocycles. The number of amides is 1. The third kappa shape index (κ3) is 4.39. The number of hydrogen-bond acceptors (Lipinski definition) is 2. The lowest BCUT2D eigenvalue weighted by atomic mass is 10.0. The van der Waals surface area contributed by atoms with Crippen LogP contribution >= 0.6 is 0 Å². The van der Waals surface area contributed by atoms with Crippen molar-refractivity contribution in [3.05, 3.63) is 71.0 Å². The summed E-state index contributed by atoms with van der Waals surface area (Å²) in [5.74, 6) is -2.47. The third-order valence-electron chi connectivity index (χ3n) is 4.25. The summed E-state index contributed by atoms with van der Waals surface area (Å²) in [6, 6.07) is 8.34. The van der Waals surface area contributed by atoms with Gasteiger partial charge in [-0.05, 0) is 55.2 Å². The van der Waals surface area contributed by atoms with E-state index in [1.165, 1.54) is 30.3 Å². The van der Waals surface area contributed by atoms with E-state index in [2.05, 4.69) is 10.6 Å². The quantitative estimate of drug-likeness (QED) is 0.834. The Morgan fingerprint density at radius 3 is 2.24 bits per heavy atom. The summed E-state index contributed by atoms with van der Waals surface area (Å²) in [6.45, 7) is 1.76. The van der Waals surface area contributed by atoms with Crippen molar-refractivity contribution >= 4 is 5.91 Å². The number of nitrogens with one attached hydrogen (secondary N) is 2. The summed E-state index contributed by atoms with van der Waals surface area (Å²) < 4.78 is 39.8. The lowest BCUT2D eigenvalue weighted by molar-refractivity contribution is -0.123. The van der Waals surface area contributed by atoms with E-state index in [1.54, 1.807) is 6.92 Å². The van der Waals surface area contributed by atoms with Gasteiger partial charge in [-0.1, -0.05) is 18.2 Å². The molecule has 0 unspecified atom stereocenters. The number of carbonyl (C=O) groups excluding carboxylic acids is 1. The van der Waals surface area contributed by atoms with Crippen molar-refractivity contribution in [2.24, 2.45) is 0 Å². The Hall–Kier alpha value is -2.34. The van der Waals surface area contributed by atoms with Gasteiger partial charge in [0.1, 0.15) is 11.9 Å². The molecule has 0 radical (unpaired) electrons. The Labute approximate surface area is 144 Å². The molecule has 0 heterocycles. The van der Waals surface area contributed by atoms with Crippen LogP contribution in [0.5, 0.6) is 0 Å². The van der Waals surface area contributed by atoms with Crippen molar-refractivity contribution < 1.29 is 18.0 Å². The molecule has 6 heteroatoms. The van der Waals surface area contributed by atoms with E-state index in [1.807, 2.05) is 0 Å². The lowest BCUT2D eigenvalue weighted by Gasteiger charge is -2.23. The Bertz CT molecular complexity index is 760. The van der Waals surface area contributed by atoms with Crippen LogP contribution in [0.3, 0.4) is 0 Å².